The summed E-state index contributed by atoms with van der Waals surface area (Å²) >= 11 is 0. The Morgan fingerprint density at radius 3 is 2.73 bits per heavy atom. The minimum absolute atomic E-state index is 0.246. The van der Waals surface area contributed by atoms with Crippen molar-refractivity contribution in [3.05, 3.63) is 76.6 Å². The molecule has 3 aromatic rings. The number of aromatic amines is 1. The summed E-state index contributed by atoms with van der Waals surface area (Å²) in [5.41, 5.74) is 6.50. The highest BCUT2D eigenvalue weighted by Crippen LogP contribution is 2.31. The lowest BCUT2D eigenvalue weighted by Crippen LogP contribution is -2.32. The number of carbonyl (C=O) groups is 1. The number of methoxy groups -OCH3 is 1. The van der Waals surface area contributed by atoms with E-state index in [2.05, 4.69) is 33.9 Å². The fourth-order valence-electron chi connectivity index (χ4n) is 4.32. The summed E-state index contributed by atoms with van der Waals surface area (Å²) in [6.45, 7) is 5.11. The molecule has 3 N–H and O–H groups in total. The summed E-state index contributed by atoms with van der Waals surface area (Å²) in [4.78, 5) is 14.6. The molecule has 33 heavy (non-hydrogen) atoms. The monoisotopic (exact) mass is 450 g/mol. The molecule has 7 heteroatoms. The fourth-order valence-corrected chi connectivity index (χ4v) is 4.32. The zero-order chi connectivity index (χ0) is 23.5. The van der Waals surface area contributed by atoms with Crippen molar-refractivity contribution in [2.24, 2.45) is 0 Å². The average Bonchev–Trinajstić information content (AvgIpc) is 3.30. The predicted molar refractivity (Wildman–Crippen MR) is 127 cm³/mol. The van der Waals surface area contributed by atoms with E-state index in [0.29, 0.717) is 19.5 Å². The van der Waals surface area contributed by atoms with E-state index in [0.717, 1.165) is 44.8 Å². The van der Waals surface area contributed by atoms with Crippen LogP contribution in [-0.4, -0.2) is 52.7 Å². The topological polar surface area (TPSA) is 77.4 Å². The number of H-pyrrole nitrogens is 1. The van der Waals surface area contributed by atoms with Crippen LogP contribution < -0.4 is 10.1 Å². The van der Waals surface area contributed by atoms with Crippen molar-refractivity contribution >= 4 is 22.6 Å². The van der Waals surface area contributed by atoms with Gasteiger partial charge < -0.3 is 20.1 Å². The quantitative estimate of drug-likeness (QED) is 0.444. The summed E-state index contributed by atoms with van der Waals surface area (Å²) in [6.07, 6.45) is 3.68. The molecule has 2 heterocycles. The number of benzene rings is 2. The molecule has 0 saturated heterocycles. The van der Waals surface area contributed by atoms with Gasteiger partial charge in [0.05, 0.1) is 24.7 Å². The van der Waals surface area contributed by atoms with Crippen LogP contribution in [0.25, 0.3) is 10.9 Å². The number of alkyl halides is 1. The van der Waals surface area contributed by atoms with E-state index in [9.17, 15) is 14.3 Å². The van der Waals surface area contributed by atoms with Crippen molar-refractivity contribution in [3.8, 4) is 5.75 Å². The molecule has 0 amide bonds. The summed E-state index contributed by atoms with van der Waals surface area (Å²) in [6, 6.07) is 11.0. The number of allylic oxidation sites excluding steroid dienone is 1. The molecule has 2 aromatic carbocycles. The first-order valence-electron chi connectivity index (χ1n) is 11.0. The maximum absolute atomic E-state index is 13.4. The van der Waals surface area contributed by atoms with Crippen LogP contribution in [0.2, 0.25) is 0 Å². The molecule has 0 bridgehead atoms. The van der Waals surface area contributed by atoms with Gasteiger partial charge in [0.25, 0.3) is 0 Å². The molecule has 1 aliphatic rings. The molecule has 1 atom stereocenters. The van der Waals surface area contributed by atoms with Gasteiger partial charge in [-0.1, -0.05) is 0 Å². The van der Waals surface area contributed by atoms with Crippen LogP contribution in [0.4, 0.5) is 4.39 Å². The molecule has 0 spiro atoms. The lowest BCUT2D eigenvalue weighted by Gasteiger charge is -2.20. The zero-order valence-electron chi connectivity index (χ0n) is 19.1. The Balaban J connectivity index is 1.75. The molecular formula is C26H29FN3O3+. The normalized spacial score (nSPS) is 14.8. The highest BCUT2D eigenvalue weighted by molar-refractivity contribution is 5.99. The Morgan fingerprint density at radius 1 is 1.30 bits per heavy atom. The lowest BCUT2D eigenvalue weighted by molar-refractivity contribution is -0.535. The number of nitrogens with one attached hydrogen (secondary N) is 2. The van der Waals surface area contributed by atoms with Crippen LogP contribution in [-0.2, 0) is 6.54 Å². The zero-order valence-corrected chi connectivity index (χ0v) is 19.1. The first-order chi connectivity index (χ1) is 15.9. The standard InChI is InChI=1S/C26H28FN3O3/c1-16-12-24(33-3)22(21-8-10-28-25(16)21)15-30-11-9-20(29-14-17(2)27)13-23(30)18-4-6-19(7-5-18)26(31)32/h4-10,12,17,28-29H,11,13-15H2,1-3H3/p+1. The van der Waals surface area contributed by atoms with Crippen LogP contribution in [0, 0.1) is 6.92 Å². The average molecular weight is 451 g/mol. The molecule has 6 nitrogen and oxygen atoms in total. The number of aromatic nitrogens is 1. The van der Waals surface area contributed by atoms with Crippen molar-refractivity contribution in [1.82, 2.24) is 10.3 Å². The summed E-state index contributed by atoms with van der Waals surface area (Å²) < 4.78 is 21.4. The summed E-state index contributed by atoms with van der Waals surface area (Å²) in [5.74, 6) is -0.121. The van der Waals surface area contributed by atoms with Crippen LogP contribution in [0.1, 0.15) is 40.4 Å². The van der Waals surface area contributed by atoms with Crippen molar-refractivity contribution < 1.29 is 23.6 Å². The number of aryl methyl sites for hydroxylation is 1. The minimum atomic E-state index is -0.953. The SMILES string of the molecule is COc1cc(C)c2[nH]ccc2c1C[N+]1=C(c2ccc(C(=O)O)cc2)CC(NCC(C)F)=CC1. The molecule has 0 aliphatic carbocycles. The van der Waals surface area contributed by atoms with Crippen molar-refractivity contribution in [2.75, 3.05) is 20.2 Å². The Bertz CT molecular complexity index is 1240. The smallest absolute Gasteiger partial charge is 0.335 e. The van der Waals surface area contributed by atoms with Gasteiger partial charge in [-0.25, -0.2) is 13.8 Å². The van der Waals surface area contributed by atoms with Gasteiger partial charge in [0.2, 0.25) is 0 Å². The number of carboxylic acid groups (broad SMARTS) is 1. The number of nitrogens with zero attached hydrogens (tertiary/aromatic N) is 1. The number of ether oxygens (including phenoxy) is 1. The molecule has 0 fully saturated rings. The third-order valence-corrected chi connectivity index (χ3v) is 6.05. The number of halogens is 1. The highest BCUT2D eigenvalue weighted by atomic mass is 19.1. The Morgan fingerprint density at radius 2 is 2.06 bits per heavy atom. The van der Waals surface area contributed by atoms with E-state index in [-0.39, 0.29) is 12.1 Å². The summed E-state index contributed by atoms with van der Waals surface area (Å²) in [5, 5.41) is 13.6. The Labute approximate surface area is 192 Å². The third-order valence-electron chi connectivity index (χ3n) is 6.05. The molecule has 4 rings (SSSR count). The fraction of sp³-hybridized carbons (Fsp3) is 0.308. The van der Waals surface area contributed by atoms with Crippen molar-refractivity contribution in [3.63, 3.8) is 0 Å². The van der Waals surface area contributed by atoms with Crippen LogP contribution >= 0.6 is 0 Å². The number of carboxylic acids is 1. The van der Waals surface area contributed by atoms with Gasteiger partial charge in [-0.05, 0) is 61.9 Å². The molecule has 0 radical (unpaired) electrons. The van der Waals surface area contributed by atoms with Gasteiger partial charge in [-0.2, -0.15) is 0 Å². The molecule has 1 aromatic heterocycles. The second-order valence-electron chi connectivity index (χ2n) is 8.42. The van der Waals surface area contributed by atoms with E-state index in [4.69, 9.17) is 4.74 Å². The van der Waals surface area contributed by atoms with Crippen LogP contribution in [0.3, 0.4) is 0 Å². The van der Waals surface area contributed by atoms with Gasteiger partial charge in [0.15, 0.2) is 18.8 Å². The van der Waals surface area contributed by atoms with E-state index in [1.807, 2.05) is 24.4 Å². The summed E-state index contributed by atoms with van der Waals surface area (Å²) in [7, 11) is 1.68. The molecular weight excluding hydrogens is 421 g/mol. The first kappa shape index (κ1) is 22.6. The van der Waals surface area contributed by atoms with Gasteiger partial charge in [-0.3, -0.25) is 0 Å². The number of aromatic carboxylic acids is 1. The first-order valence-corrected chi connectivity index (χ1v) is 11.0. The lowest BCUT2D eigenvalue weighted by atomic mass is 9.99. The Kier molecular flexibility index (Phi) is 6.49. The van der Waals surface area contributed by atoms with E-state index < -0.39 is 12.1 Å². The maximum atomic E-state index is 13.4. The second-order valence-corrected chi connectivity index (χ2v) is 8.42. The van der Waals surface area contributed by atoms with Gasteiger partial charge in [-0.15, -0.1) is 0 Å². The highest BCUT2D eigenvalue weighted by Gasteiger charge is 2.26. The van der Waals surface area contributed by atoms with E-state index in [1.165, 1.54) is 6.92 Å². The molecule has 0 saturated carbocycles. The van der Waals surface area contributed by atoms with Crippen LogP contribution in [0.5, 0.6) is 5.75 Å². The van der Waals surface area contributed by atoms with Crippen LogP contribution in [0.15, 0.2) is 54.4 Å². The minimum Gasteiger partial charge on any atom is -0.496 e. The van der Waals surface area contributed by atoms with E-state index in [1.54, 1.807) is 19.2 Å². The number of rotatable bonds is 8. The number of hydrogen-bond acceptors (Lipinski definition) is 3. The molecule has 1 unspecified atom stereocenters. The van der Waals surface area contributed by atoms with Gasteiger partial charge >= 0.3 is 5.97 Å². The number of fused-ring (bicyclic) bond motifs is 1. The van der Waals surface area contributed by atoms with Crippen molar-refractivity contribution in [2.45, 2.75) is 33.0 Å². The predicted octanol–water partition coefficient (Wildman–Crippen LogP) is 4.42. The van der Waals surface area contributed by atoms with Crippen molar-refractivity contribution in [1.29, 1.82) is 0 Å². The third kappa shape index (κ3) is 4.77. The largest absolute Gasteiger partial charge is 0.496 e. The van der Waals surface area contributed by atoms with Gasteiger partial charge in [0, 0.05) is 34.9 Å². The molecule has 172 valence electrons. The molecule has 1 aliphatic heterocycles. The van der Waals surface area contributed by atoms with E-state index >= 15 is 0 Å². The second kappa shape index (κ2) is 9.48. The Hall–Kier alpha value is -3.61. The maximum Gasteiger partial charge on any atom is 0.335 e. The van der Waals surface area contributed by atoms with Gasteiger partial charge in [0.1, 0.15) is 11.9 Å². The number of hydrogen-bond donors (Lipinski definition) is 3.